The zero-order chi connectivity index (χ0) is 44.4. The Balaban J connectivity index is 1.12. The normalized spacial score (nSPS) is 15.1. The van der Waals surface area contributed by atoms with Crippen LogP contribution in [0.25, 0.3) is 66.8 Å². The summed E-state index contributed by atoms with van der Waals surface area (Å²) >= 11 is 0. The molecular formula is C65H49N. The second kappa shape index (κ2) is 15.6. The van der Waals surface area contributed by atoms with Gasteiger partial charge in [0.05, 0.1) is 11.4 Å². The molecule has 2 aliphatic carbocycles. The maximum atomic E-state index is 2.54. The van der Waals surface area contributed by atoms with Crippen molar-refractivity contribution in [1.82, 2.24) is 0 Å². The molecule has 0 amide bonds. The Labute approximate surface area is 389 Å². The van der Waals surface area contributed by atoms with Crippen molar-refractivity contribution in [3.05, 3.63) is 270 Å². The third kappa shape index (κ3) is 6.15. The molecule has 0 spiro atoms. The summed E-state index contributed by atoms with van der Waals surface area (Å²) in [5.41, 5.74) is 24.3. The van der Waals surface area contributed by atoms with Gasteiger partial charge in [0, 0.05) is 27.6 Å². The Kier molecular flexibility index (Phi) is 9.36. The molecule has 0 heterocycles. The summed E-state index contributed by atoms with van der Waals surface area (Å²) in [4.78, 5) is 2.54. The average molecular weight is 844 g/mol. The van der Waals surface area contributed by atoms with Crippen LogP contribution in [0, 0.1) is 0 Å². The second-order valence-corrected chi connectivity index (χ2v) is 18.5. The summed E-state index contributed by atoms with van der Waals surface area (Å²) < 4.78 is 0. The number of fused-ring (bicyclic) bond motifs is 6. The van der Waals surface area contributed by atoms with E-state index in [9.17, 15) is 0 Å². The van der Waals surface area contributed by atoms with Crippen molar-refractivity contribution in [3.63, 3.8) is 0 Å². The minimum Gasteiger partial charge on any atom is -0.309 e. The summed E-state index contributed by atoms with van der Waals surface area (Å²) in [6.45, 7) is 7.20. The zero-order valence-electron chi connectivity index (χ0n) is 37.5. The fourth-order valence-electron chi connectivity index (χ4n) is 11.4. The van der Waals surface area contributed by atoms with E-state index in [0.29, 0.717) is 0 Å². The van der Waals surface area contributed by atoms with E-state index in [-0.39, 0.29) is 10.8 Å². The fraction of sp³-hybridized carbons (Fsp3) is 0.0769. The number of nitrogens with zero attached hydrogens (tertiary/aromatic N) is 1. The van der Waals surface area contributed by atoms with Crippen molar-refractivity contribution < 1.29 is 0 Å². The first-order valence-corrected chi connectivity index (χ1v) is 23.2. The van der Waals surface area contributed by atoms with Gasteiger partial charge in [-0.15, -0.1) is 0 Å². The van der Waals surface area contributed by atoms with E-state index in [4.69, 9.17) is 0 Å². The summed E-state index contributed by atoms with van der Waals surface area (Å²) in [5.74, 6) is 0. The van der Waals surface area contributed by atoms with Gasteiger partial charge in [-0.25, -0.2) is 0 Å². The van der Waals surface area contributed by atoms with E-state index in [1.807, 2.05) is 0 Å². The van der Waals surface area contributed by atoms with Gasteiger partial charge in [-0.05, 0) is 121 Å². The monoisotopic (exact) mass is 843 g/mol. The molecular weight excluding hydrogens is 795 g/mol. The molecule has 1 atom stereocenters. The molecule has 2 aliphatic rings. The Morgan fingerprint density at radius 1 is 0.288 bits per heavy atom. The molecule has 10 aromatic rings. The fourth-order valence-corrected chi connectivity index (χ4v) is 11.4. The van der Waals surface area contributed by atoms with Gasteiger partial charge in [0.25, 0.3) is 0 Å². The molecule has 12 rings (SSSR count). The van der Waals surface area contributed by atoms with Crippen LogP contribution in [0.3, 0.4) is 0 Å². The van der Waals surface area contributed by atoms with Gasteiger partial charge in [0.2, 0.25) is 0 Å². The Bertz CT molecular complexity index is 3450. The van der Waals surface area contributed by atoms with E-state index in [1.54, 1.807) is 0 Å². The minimum atomic E-state index is -0.359. The highest BCUT2D eigenvalue weighted by molar-refractivity contribution is 5.99. The largest absolute Gasteiger partial charge is 0.309 e. The first-order chi connectivity index (χ1) is 32.4. The molecule has 1 heteroatoms. The van der Waals surface area contributed by atoms with Crippen molar-refractivity contribution >= 4 is 17.1 Å². The van der Waals surface area contributed by atoms with E-state index in [2.05, 4.69) is 268 Å². The number of hydrogen-bond acceptors (Lipinski definition) is 1. The summed E-state index contributed by atoms with van der Waals surface area (Å²) in [7, 11) is 0. The molecule has 0 aromatic heterocycles. The molecule has 1 unspecified atom stereocenters. The van der Waals surface area contributed by atoms with Gasteiger partial charge in [0.1, 0.15) is 0 Å². The van der Waals surface area contributed by atoms with Crippen molar-refractivity contribution in [1.29, 1.82) is 0 Å². The van der Waals surface area contributed by atoms with Crippen molar-refractivity contribution in [2.45, 2.75) is 31.6 Å². The van der Waals surface area contributed by atoms with E-state index in [0.717, 1.165) is 28.2 Å². The van der Waals surface area contributed by atoms with Gasteiger partial charge < -0.3 is 4.90 Å². The third-order valence-electron chi connectivity index (χ3n) is 14.6. The van der Waals surface area contributed by atoms with Crippen LogP contribution in [0.4, 0.5) is 17.1 Å². The number of hydrogen-bond donors (Lipinski definition) is 0. The molecule has 1 nitrogen and oxygen atoms in total. The first kappa shape index (κ1) is 39.6. The van der Waals surface area contributed by atoms with Gasteiger partial charge in [-0.1, -0.05) is 226 Å². The maximum absolute atomic E-state index is 2.54. The SMILES string of the molecule is CC1(C)c2ccccc2-c2cccc(-c3ccccc3N(c3ccc4c(c3)C(C)(c3ccccc3)c3ccccc3-4)c3ccccc3-c3ccc(-c4ccccc4)c(-c4ccccc4)c3)c21. The van der Waals surface area contributed by atoms with Gasteiger partial charge in [-0.2, -0.15) is 0 Å². The van der Waals surface area contributed by atoms with Crippen LogP contribution >= 0.6 is 0 Å². The minimum absolute atomic E-state index is 0.191. The Hall–Kier alpha value is -8.00. The van der Waals surface area contributed by atoms with Crippen LogP contribution in [0.1, 0.15) is 48.6 Å². The van der Waals surface area contributed by atoms with Crippen molar-refractivity contribution in [2.75, 3.05) is 4.90 Å². The number of benzene rings is 10. The van der Waals surface area contributed by atoms with Crippen molar-refractivity contribution in [3.8, 4) is 66.8 Å². The quantitative estimate of drug-likeness (QED) is 0.147. The van der Waals surface area contributed by atoms with Gasteiger partial charge >= 0.3 is 0 Å². The smallest absolute Gasteiger partial charge is 0.0540 e. The molecule has 0 N–H and O–H groups in total. The topological polar surface area (TPSA) is 3.24 Å². The lowest BCUT2D eigenvalue weighted by molar-refractivity contribution is 0.662. The Morgan fingerprint density at radius 3 is 1.44 bits per heavy atom. The van der Waals surface area contributed by atoms with Crippen LogP contribution in [-0.2, 0) is 10.8 Å². The molecule has 0 radical (unpaired) electrons. The molecule has 0 fully saturated rings. The summed E-state index contributed by atoms with van der Waals surface area (Å²) in [5, 5.41) is 0. The van der Waals surface area contributed by atoms with Gasteiger partial charge in [-0.3, -0.25) is 0 Å². The molecule has 10 aromatic carbocycles. The number of anilines is 3. The van der Waals surface area contributed by atoms with Gasteiger partial charge in [0.15, 0.2) is 0 Å². The molecule has 314 valence electrons. The highest BCUT2D eigenvalue weighted by atomic mass is 15.1. The highest BCUT2D eigenvalue weighted by Gasteiger charge is 2.42. The average Bonchev–Trinajstić information content (AvgIpc) is 3.78. The van der Waals surface area contributed by atoms with Crippen LogP contribution in [-0.4, -0.2) is 0 Å². The second-order valence-electron chi connectivity index (χ2n) is 18.5. The molecule has 0 bridgehead atoms. The maximum Gasteiger partial charge on any atom is 0.0540 e. The standard InChI is InChI=1S/C65H49N/c1-64(2)58-34-17-13-30-52(58)55-32-21-33-56(63(55)64)54-31-16-20-37-62(54)66(48-39-41-53-51-29-14-18-35-59(51)65(3,60(53)43-48)47-26-11-6-12-27-47)61-36-19-15-28-50(61)46-38-40-49(44-22-7-4-8-23-44)57(42-46)45-24-9-5-10-25-45/h4-43H,1-3H3. The van der Waals surface area contributed by atoms with E-state index >= 15 is 0 Å². The van der Waals surface area contributed by atoms with Crippen LogP contribution in [0.5, 0.6) is 0 Å². The Morgan fingerprint density at radius 2 is 0.758 bits per heavy atom. The van der Waals surface area contributed by atoms with Crippen molar-refractivity contribution in [2.24, 2.45) is 0 Å². The molecule has 0 aliphatic heterocycles. The number of rotatable bonds is 8. The van der Waals surface area contributed by atoms with Crippen LogP contribution in [0.15, 0.2) is 243 Å². The first-order valence-electron chi connectivity index (χ1n) is 23.2. The van der Waals surface area contributed by atoms with Crippen LogP contribution in [0.2, 0.25) is 0 Å². The zero-order valence-corrected chi connectivity index (χ0v) is 37.5. The molecule has 66 heavy (non-hydrogen) atoms. The van der Waals surface area contributed by atoms with E-state index in [1.165, 1.54) is 83.5 Å². The third-order valence-corrected chi connectivity index (χ3v) is 14.6. The highest BCUT2D eigenvalue weighted by Crippen LogP contribution is 2.57. The predicted molar refractivity (Wildman–Crippen MR) is 278 cm³/mol. The summed E-state index contributed by atoms with van der Waals surface area (Å²) in [6.07, 6.45) is 0. The van der Waals surface area contributed by atoms with Crippen LogP contribution < -0.4 is 4.90 Å². The molecule has 0 saturated carbocycles. The number of para-hydroxylation sites is 2. The van der Waals surface area contributed by atoms with E-state index < -0.39 is 0 Å². The lowest BCUT2D eigenvalue weighted by Crippen LogP contribution is -2.23. The predicted octanol–water partition coefficient (Wildman–Crippen LogP) is 17.5. The lowest BCUT2D eigenvalue weighted by Gasteiger charge is -2.33. The lowest BCUT2D eigenvalue weighted by atomic mass is 9.74. The molecule has 0 saturated heterocycles. The summed E-state index contributed by atoms with van der Waals surface area (Å²) in [6, 6.07) is 89.8.